The Bertz CT molecular complexity index is 956. The van der Waals surface area contributed by atoms with Gasteiger partial charge >= 0.3 is 29.6 Å². The third-order valence-corrected chi connectivity index (χ3v) is 4.06. The zero-order chi connectivity index (χ0) is 19.4. The number of carboxylic acids is 1. The number of carboxylic acid groups (broad SMARTS) is 1. The maximum atomic E-state index is 11.0. The molecule has 3 aromatic rings. The normalized spacial score (nSPS) is 11.2. The Hall–Kier alpha value is -2.61. The standard InChI is InChI=1S/C20H19N3O4.Na/c1-13-17(19(23(3)22-13)26-16-7-5-4-6-8-16)18(27-21-2)14-9-11-15(12-10-14)20(24)25;/h4-12,18H,2H2,1,3H3,(H,24,25);/q;+1/p-1. The van der Waals surface area contributed by atoms with Gasteiger partial charge in [0.25, 0.3) is 0 Å². The van der Waals surface area contributed by atoms with Crippen LogP contribution < -0.4 is 39.4 Å². The van der Waals surface area contributed by atoms with Gasteiger partial charge in [-0.1, -0.05) is 42.5 Å². The summed E-state index contributed by atoms with van der Waals surface area (Å²) in [5.74, 6) is -0.0952. The Balaban J connectivity index is 0.00000280. The molecule has 2 aromatic carbocycles. The van der Waals surface area contributed by atoms with Crippen LogP contribution in [0.4, 0.5) is 0 Å². The van der Waals surface area contributed by atoms with Gasteiger partial charge in [0.15, 0.2) is 6.10 Å². The Kier molecular flexibility index (Phi) is 7.39. The van der Waals surface area contributed by atoms with Gasteiger partial charge in [-0.3, -0.25) is 0 Å². The van der Waals surface area contributed by atoms with Crippen molar-refractivity contribution in [3.8, 4) is 11.6 Å². The summed E-state index contributed by atoms with van der Waals surface area (Å²) in [5, 5.41) is 19.0. The van der Waals surface area contributed by atoms with E-state index in [0.29, 0.717) is 28.5 Å². The topological polar surface area (TPSA) is 88.8 Å². The fourth-order valence-corrected chi connectivity index (χ4v) is 2.83. The zero-order valence-electron chi connectivity index (χ0n) is 16.0. The van der Waals surface area contributed by atoms with E-state index in [4.69, 9.17) is 9.57 Å². The number of hydrogen-bond donors (Lipinski definition) is 0. The van der Waals surface area contributed by atoms with E-state index in [-0.39, 0.29) is 35.1 Å². The van der Waals surface area contributed by atoms with Crippen LogP contribution in [0.3, 0.4) is 0 Å². The molecular formula is C20H18N3NaO4. The van der Waals surface area contributed by atoms with Crippen molar-refractivity contribution >= 4 is 12.7 Å². The summed E-state index contributed by atoms with van der Waals surface area (Å²) in [6, 6.07) is 15.5. The van der Waals surface area contributed by atoms with Gasteiger partial charge in [0.1, 0.15) is 5.75 Å². The summed E-state index contributed by atoms with van der Waals surface area (Å²) in [7, 11) is 1.77. The van der Waals surface area contributed by atoms with Crippen LogP contribution in [0.5, 0.6) is 11.6 Å². The summed E-state index contributed by atoms with van der Waals surface area (Å²) < 4.78 is 7.64. The largest absolute Gasteiger partial charge is 1.00 e. The van der Waals surface area contributed by atoms with Crippen molar-refractivity contribution in [2.45, 2.75) is 13.0 Å². The number of ether oxygens (including phenoxy) is 1. The van der Waals surface area contributed by atoms with E-state index < -0.39 is 12.1 Å². The van der Waals surface area contributed by atoms with Crippen LogP contribution in [0.2, 0.25) is 0 Å². The minimum Gasteiger partial charge on any atom is -0.545 e. The average Bonchev–Trinajstić information content (AvgIpc) is 2.94. The summed E-state index contributed by atoms with van der Waals surface area (Å²) >= 11 is 0. The number of para-hydroxylation sites is 1. The summed E-state index contributed by atoms with van der Waals surface area (Å²) in [4.78, 5) is 16.5. The van der Waals surface area contributed by atoms with Crippen molar-refractivity contribution < 1.29 is 49.0 Å². The van der Waals surface area contributed by atoms with E-state index >= 15 is 0 Å². The number of aryl methyl sites for hydroxylation is 2. The van der Waals surface area contributed by atoms with Crippen LogP contribution >= 0.6 is 0 Å². The molecule has 0 N–H and O–H groups in total. The number of carbonyl (C=O) groups is 1. The molecule has 0 spiro atoms. The molecule has 1 unspecified atom stereocenters. The van der Waals surface area contributed by atoms with Crippen molar-refractivity contribution in [3.05, 3.63) is 77.0 Å². The second kappa shape index (κ2) is 9.54. The average molecular weight is 387 g/mol. The maximum absolute atomic E-state index is 11.0. The molecule has 0 aliphatic heterocycles. The second-order valence-electron chi connectivity index (χ2n) is 5.87. The van der Waals surface area contributed by atoms with Gasteiger partial charge in [0, 0.05) is 13.8 Å². The number of hydrogen-bond acceptors (Lipinski definition) is 6. The number of oxime groups is 1. The van der Waals surface area contributed by atoms with E-state index in [1.165, 1.54) is 12.1 Å². The summed E-state index contributed by atoms with van der Waals surface area (Å²) in [5.41, 5.74) is 2.13. The number of aromatic nitrogens is 2. The van der Waals surface area contributed by atoms with Crippen molar-refractivity contribution in [2.75, 3.05) is 0 Å². The molecule has 138 valence electrons. The molecular weight excluding hydrogens is 369 g/mol. The predicted molar refractivity (Wildman–Crippen MR) is 97.7 cm³/mol. The van der Waals surface area contributed by atoms with Crippen molar-refractivity contribution in [1.29, 1.82) is 0 Å². The van der Waals surface area contributed by atoms with Crippen LogP contribution in [0.1, 0.15) is 33.3 Å². The molecule has 1 aromatic heterocycles. The molecule has 0 aliphatic rings. The van der Waals surface area contributed by atoms with Gasteiger partial charge in [-0.05, 0) is 30.2 Å². The van der Waals surface area contributed by atoms with E-state index in [0.717, 1.165) is 0 Å². The Morgan fingerprint density at radius 2 is 1.82 bits per heavy atom. The summed E-state index contributed by atoms with van der Waals surface area (Å²) in [6.07, 6.45) is -0.661. The number of aromatic carboxylic acids is 1. The molecule has 1 atom stereocenters. The minimum absolute atomic E-state index is 0. The molecule has 28 heavy (non-hydrogen) atoms. The van der Waals surface area contributed by atoms with E-state index in [9.17, 15) is 9.90 Å². The first-order valence-corrected chi connectivity index (χ1v) is 8.20. The summed E-state index contributed by atoms with van der Waals surface area (Å²) in [6.45, 7) is 5.24. The van der Waals surface area contributed by atoms with E-state index in [1.54, 1.807) is 23.9 Å². The first-order valence-electron chi connectivity index (χ1n) is 8.20. The zero-order valence-corrected chi connectivity index (χ0v) is 18.0. The molecule has 0 radical (unpaired) electrons. The van der Waals surface area contributed by atoms with Gasteiger partial charge < -0.3 is 19.5 Å². The maximum Gasteiger partial charge on any atom is 1.00 e. The quantitative estimate of drug-likeness (QED) is 0.313. The van der Waals surface area contributed by atoms with Gasteiger partial charge in [-0.2, -0.15) is 5.10 Å². The third-order valence-electron chi connectivity index (χ3n) is 4.06. The van der Waals surface area contributed by atoms with Gasteiger partial charge in [-0.25, -0.2) is 4.68 Å². The van der Waals surface area contributed by atoms with Crippen molar-refractivity contribution in [3.63, 3.8) is 0 Å². The number of carbonyl (C=O) groups excluding carboxylic acids is 1. The smallest absolute Gasteiger partial charge is 0.545 e. The molecule has 7 nitrogen and oxygen atoms in total. The van der Waals surface area contributed by atoms with Gasteiger partial charge in [0.05, 0.1) is 17.2 Å². The molecule has 1 heterocycles. The SMILES string of the molecule is C=NOC(c1ccc(C(=O)[O-])cc1)c1c(C)nn(C)c1Oc1ccccc1.[Na+]. The monoisotopic (exact) mass is 387 g/mol. The fourth-order valence-electron chi connectivity index (χ4n) is 2.83. The van der Waals surface area contributed by atoms with Crippen molar-refractivity contribution in [2.24, 2.45) is 12.2 Å². The molecule has 8 heteroatoms. The van der Waals surface area contributed by atoms with Gasteiger partial charge in [-0.15, -0.1) is 5.16 Å². The molecule has 0 amide bonds. The first-order chi connectivity index (χ1) is 13.0. The fraction of sp³-hybridized carbons (Fsp3) is 0.150. The third kappa shape index (κ3) is 4.62. The number of nitrogens with zero attached hydrogens (tertiary/aromatic N) is 3. The molecule has 0 aliphatic carbocycles. The number of benzene rings is 2. The molecule has 0 bridgehead atoms. The van der Waals surface area contributed by atoms with Crippen molar-refractivity contribution in [1.82, 2.24) is 9.78 Å². The molecule has 0 saturated heterocycles. The van der Waals surface area contributed by atoms with Crippen LogP contribution in [-0.2, 0) is 11.9 Å². The minimum atomic E-state index is -1.24. The second-order valence-corrected chi connectivity index (χ2v) is 5.87. The van der Waals surface area contributed by atoms with E-state index in [2.05, 4.69) is 17.0 Å². The molecule has 3 rings (SSSR count). The van der Waals surface area contributed by atoms with Crippen LogP contribution in [-0.4, -0.2) is 22.5 Å². The Morgan fingerprint density at radius 3 is 2.39 bits per heavy atom. The number of rotatable bonds is 7. The van der Waals surface area contributed by atoms with E-state index in [1.807, 2.05) is 37.3 Å². The molecule has 0 saturated carbocycles. The molecule has 0 fully saturated rings. The predicted octanol–water partition coefficient (Wildman–Crippen LogP) is -0.390. The first kappa shape index (κ1) is 21.7. The Labute approximate surface area is 184 Å². The Morgan fingerprint density at radius 1 is 1.18 bits per heavy atom. The van der Waals surface area contributed by atoms with Crippen LogP contribution in [0.25, 0.3) is 0 Å². The van der Waals surface area contributed by atoms with Crippen LogP contribution in [0.15, 0.2) is 59.8 Å². The van der Waals surface area contributed by atoms with Gasteiger partial charge in [0.2, 0.25) is 5.88 Å². The van der Waals surface area contributed by atoms with Crippen LogP contribution in [0, 0.1) is 6.92 Å².